The van der Waals surface area contributed by atoms with Gasteiger partial charge in [-0.15, -0.1) is 24.0 Å². The van der Waals surface area contributed by atoms with Crippen LogP contribution >= 0.6 is 24.0 Å². The predicted molar refractivity (Wildman–Crippen MR) is 142 cm³/mol. The number of nitrogens with zero attached hydrogens (tertiary/aromatic N) is 2. The van der Waals surface area contributed by atoms with E-state index in [2.05, 4.69) is 92.0 Å². The highest BCUT2D eigenvalue weighted by Gasteiger charge is 2.27. The Labute approximate surface area is 204 Å². The number of aliphatic imine (C=N–C) groups is 1. The maximum Gasteiger partial charge on any atom is 0.191 e. The maximum atomic E-state index is 6.17. The van der Waals surface area contributed by atoms with Crippen LogP contribution in [-0.4, -0.2) is 39.8 Å². The van der Waals surface area contributed by atoms with Gasteiger partial charge in [0, 0.05) is 45.4 Å². The molecule has 1 saturated heterocycles. The highest BCUT2D eigenvalue weighted by atomic mass is 127. The first-order chi connectivity index (χ1) is 14.6. The van der Waals surface area contributed by atoms with E-state index in [4.69, 9.17) is 9.73 Å². The fourth-order valence-electron chi connectivity index (χ4n) is 3.85. The summed E-state index contributed by atoms with van der Waals surface area (Å²) in [5.41, 5.74) is 4.96. The summed E-state index contributed by atoms with van der Waals surface area (Å²) in [6.45, 7) is 7.40. The van der Waals surface area contributed by atoms with E-state index in [9.17, 15) is 0 Å². The van der Waals surface area contributed by atoms with Gasteiger partial charge < -0.3 is 20.3 Å². The van der Waals surface area contributed by atoms with Crippen molar-refractivity contribution in [3.63, 3.8) is 0 Å². The molecule has 2 unspecified atom stereocenters. The highest BCUT2D eigenvalue weighted by Crippen LogP contribution is 2.33. The van der Waals surface area contributed by atoms with Gasteiger partial charge in [-0.3, -0.25) is 0 Å². The van der Waals surface area contributed by atoms with Gasteiger partial charge >= 0.3 is 0 Å². The average molecular weight is 537 g/mol. The molecule has 170 valence electrons. The van der Waals surface area contributed by atoms with Crippen molar-refractivity contribution in [1.82, 2.24) is 10.6 Å². The molecule has 0 amide bonds. The number of ether oxygens (including phenoxy) is 1. The molecule has 0 spiro atoms. The van der Waals surface area contributed by atoms with Gasteiger partial charge in [0.15, 0.2) is 5.96 Å². The van der Waals surface area contributed by atoms with Crippen LogP contribution in [0.4, 0.5) is 5.69 Å². The fraction of sp³-hybridized carbons (Fsp3) is 0.480. The Bertz CT molecular complexity index is 823. The number of halogens is 1. The molecule has 0 bridgehead atoms. The minimum atomic E-state index is 0. The molecule has 2 N–H and O–H groups in total. The first-order valence-corrected chi connectivity index (χ1v) is 11.0. The lowest BCUT2D eigenvalue weighted by Crippen LogP contribution is -2.42. The molecule has 2 aromatic rings. The van der Waals surface area contributed by atoms with Gasteiger partial charge in [-0.25, -0.2) is 4.99 Å². The number of aryl methyl sites for hydroxylation is 1. The Morgan fingerprint density at radius 1 is 1.13 bits per heavy atom. The molecule has 5 nitrogen and oxygen atoms in total. The van der Waals surface area contributed by atoms with Crippen molar-refractivity contribution >= 4 is 35.6 Å². The van der Waals surface area contributed by atoms with E-state index >= 15 is 0 Å². The number of nitrogens with one attached hydrogen (secondary N) is 2. The summed E-state index contributed by atoms with van der Waals surface area (Å²) >= 11 is 0. The third-order valence-electron chi connectivity index (χ3n) is 5.57. The van der Waals surface area contributed by atoms with E-state index in [0.717, 1.165) is 38.5 Å². The van der Waals surface area contributed by atoms with E-state index in [-0.39, 0.29) is 30.1 Å². The van der Waals surface area contributed by atoms with Crippen LogP contribution in [0, 0.1) is 12.8 Å². The lowest BCUT2D eigenvalue weighted by molar-refractivity contribution is -0.0265. The maximum absolute atomic E-state index is 6.17. The van der Waals surface area contributed by atoms with E-state index in [1.54, 1.807) is 0 Å². The van der Waals surface area contributed by atoms with Crippen molar-refractivity contribution in [3.8, 4) is 0 Å². The van der Waals surface area contributed by atoms with Crippen molar-refractivity contribution in [2.75, 3.05) is 38.7 Å². The largest absolute Gasteiger partial charge is 0.378 e. The number of anilines is 1. The summed E-state index contributed by atoms with van der Waals surface area (Å²) in [6, 6.07) is 17.3. The van der Waals surface area contributed by atoms with Crippen LogP contribution in [-0.2, 0) is 11.3 Å². The Hall–Kier alpha value is -1.80. The molecule has 1 aliphatic heterocycles. The van der Waals surface area contributed by atoms with Crippen molar-refractivity contribution in [2.24, 2.45) is 10.9 Å². The van der Waals surface area contributed by atoms with Crippen molar-refractivity contribution in [3.05, 3.63) is 65.2 Å². The van der Waals surface area contributed by atoms with Gasteiger partial charge in [-0.05, 0) is 49.9 Å². The van der Waals surface area contributed by atoms with Crippen LogP contribution in [0.2, 0.25) is 0 Å². The van der Waals surface area contributed by atoms with E-state index in [1.807, 2.05) is 0 Å². The van der Waals surface area contributed by atoms with Crippen LogP contribution in [0.1, 0.15) is 42.6 Å². The molecule has 2 aromatic carbocycles. The van der Waals surface area contributed by atoms with Crippen LogP contribution < -0.4 is 15.5 Å². The standard InChI is InChI=1S/C25H36N4O.HI/c1-5-26-25(27-17-20-8-6-10-23(16-20)29(3)4)28-18-22-9-7-15-30-24(22)21-13-11-19(2)12-14-21;/h6,8,10-14,16,22,24H,5,7,9,15,17-18H2,1-4H3,(H2,26,27,28);1H. The monoisotopic (exact) mass is 536 g/mol. The molecule has 0 aromatic heterocycles. The zero-order valence-corrected chi connectivity index (χ0v) is 21.6. The SMILES string of the molecule is CCNC(=NCc1cccc(N(C)C)c1)NCC1CCCOC1c1ccc(C)cc1.I. The zero-order chi connectivity index (χ0) is 21.3. The summed E-state index contributed by atoms with van der Waals surface area (Å²) in [4.78, 5) is 6.93. The summed E-state index contributed by atoms with van der Waals surface area (Å²) in [5.74, 6) is 1.29. The molecule has 1 aliphatic rings. The van der Waals surface area contributed by atoms with Crippen molar-refractivity contribution in [2.45, 2.75) is 39.3 Å². The Kier molecular flexibility index (Phi) is 10.6. The van der Waals surface area contributed by atoms with Gasteiger partial charge in [-0.1, -0.05) is 42.0 Å². The molecule has 0 aliphatic carbocycles. The minimum absolute atomic E-state index is 0. The van der Waals surface area contributed by atoms with E-state index in [1.165, 1.54) is 22.4 Å². The Balaban J connectivity index is 0.00000341. The minimum Gasteiger partial charge on any atom is -0.378 e. The number of rotatable bonds is 7. The fourth-order valence-corrected chi connectivity index (χ4v) is 3.85. The summed E-state index contributed by atoms with van der Waals surface area (Å²) in [6.07, 6.45) is 2.42. The highest BCUT2D eigenvalue weighted by molar-refractivity contribution is 14.0. The van der Waals surface area contributed by atoms with Gasteiger partial charge in [0.2, 0.25) is 0 Å². The van der Waals surface area contributed by atoms with Gasteiger partial charge in [0.05, 0.1) is 12.6 Å². The molecule has 6 heteroatoms. The van der Waals surface area contributed by atoms with Crippen LogP contribution in [0.3, 0.4) is 0 Å². The molecule has 3 rings (SSSR count). The zero-order valence-electron chi connectivity index (χ0n) is 19.2. The average Bonchev–Trinajstić information content (AvgIpc) is 2.76. The van der Waals surface area contributed by atoms with E-state index < -0.39 is 0 Å². The molecule has 1 fully saturated rings. The van der Waals surface area contributed by atoms with Gasteiger partial charge in [0.1, 0.15) is 0 Å². The number of hydrogen-bond donors (Lipinski definition) is 2. The molecule has 0 radical (unpaired) electrons. The lowest BCUT2D eigenvalue weighted by atomic mass is 9.89. The van der Waals surface area contributed by atoms with Gasteiger partial charge in [0.25, 0.3) is 0 Å². The second-order valence-corrected chi connectivity index (χ2v) is 8.24. The summed E-state index contributed by atoms with van der Waals surface area (Å²) in [5, 5.41) is 6.94. The van der Waals surface area contributed by atoms with Crippen molar-refractivity contribution in [1.29, 1.82) is 0 Å². The third kappa shape index (κ3) is 7.68. The Morgan fingerprint density at radius 3 is 2.61 bits per heavy atom. The first-order valence-electron chi connectivity index (χ1n) is 11.0. The molecular weight excluding hydrogens is 499 g/mol. The third-order valence-corrected chi connectivity index (χ3v) is 5.57. The topological polar surface area (TPSA) is 48.9 Å². The summed E-state index contributed by atoms with van der Waals surface area (Å²) in [7, 11) is 4.12. The second-order valence-electron chi connectivity index (χ2n) is 8.24. The number of guanidine groups is 1. The number of hydrogen-bond acceptors (Lipinski definition) is 3. The van der Waals surface area contributed by atoms with Crippen molar-refractivity contribution < 1.29 is 4.74 Å². The van der Waals surface area contributed by atoms with Crippen LogP contribution in [0.5, 0.6) is 0 Å². The van der Waals surface area contributed by atoms with Crippen LogP contribution in [0.15, 0.2) is 53.5 Å². The normalized spacial score (nSPS) is 18.8. The van der Waals surface area contributed by atoms with Crippen LogP contribution in [0.25, 0.3) is 0 Å². The quantitative estimate of drug-likeness (QED) is 0.300. The van der Waals surface area contributed by atoms with Gasteiger partial charge in [-0.2, -0.15) is 0 Å². The molecule has 31 heavy (non-hydrogen) atoms. The van der Waals surface area contributed by atoms with E-state index in [0.29, 0.717) is 12.5 Å². The summed E-state index contributed by atoms with van der Waals surface area (Å²) < 4.78 is 6.17. The lowest BCUT2D eigenvalue weighted by Gasteiger charge is -2.32. The molecule has 1 heterocycles. The molecular formula is C25H37IN4O. The number of benzene rings is 2. The first kappa shape index (κ1) is 25.5. The smallest absolute Gasteiger partial charge is 0.191 e. The Morgan fingerprint density at radius 2 is 1.90 bits per heavy atom. The molecule has 0 saturated carbocycles. The predicted octanol–water partition coefficient (Wildman–Crippen LogP) is 4.90. The molecule has 2 atom stereocenters. The second kappa shape index (κ2) is 12.9.